The molecule has 1 aliphatic heterocycles. The van der Waals surface area contributed by atoms with Crippen molar-refractivity contribution < 1.29 is 0 Å². The Labute approximate surface area is 146 Å². The van der Waals surface area contributed by atoms with E-state index in [1.54, 1.807) is 12.3 Å². The topological polar surface area (TPSA) is 72.8 Å². The normalized spacial score (nSPS) is 14.6. The van der Waals surface area contributed by atoms with Crippen molar-refractivity contribution >= 4 is 55.9 Å². The summed E-state index contributed by atoms with van der Waals surface area (Å²) in [4.78, 5) is 21.8. The molecular formula is C19H12N4OS. The average molecular weight is 344 g/mol. The number of para-hydroxylation sites is 2. The van der Waals surface area contributed by atoms with E-state index < -0.39 is 0 Å². The van der Waals surface area contributed by atoms with E-state index in [1.807, 2.05) is 52.9 Å². The Kier molecular flexibility index (Phi) is 2.89. The maximum atomic E-state index is 12.5. The Balaban J connectivity index is 1.80. The largest absolute Gasteiger partial charge is 0.384 e. The van der Waals surface area contributed by atoms with Crippen LogP contribution < -0.4 is 11.3 Å². The number of rotatable bonds is 1. The second-order valence-corrected chi connectivity index (χ2v) is 6.79. The van der Waals surface area contributed by atoms with E-state index in [0.717, 1.165) is 27.0 Å². The van der Waals surface area contributed by atoms with Crippen LogP contribution in [0.1, 0.15) is 11.1 Å². The number of nitrogen functional groups attached to an aromatic ring is 1. The van der Waals surface area contributed by atoms with Gasteiger partial charge in [-0.15, -0.1) is 0 Å². The summed E-state index contributed by atoms with van der Waals surface area (Å²) < 4.78 is 2.88. The molecule has 0 unspecified atom stereocenters. The monoisotopic (exact) mass is 344 g/mol. The van der Waals surface area contributed by atoms with Gasteiger partial charge in [0, 0.05) is 17.4 Å². The fourth-order valence-corrected chi connectivity index (χ4v) is 4.13. The SMILES string of the molecule is Nc1c(/C=C2\C=Nc3ccccc32)c(=O)nc2sc3ccccc3n12. The first-order valence-electron chi connectivity index (χ1n) is 7.77. The third-order valence-corrected chi connectivity index (χ3v) is 5.32. The molecule has 2 N–H and O–H groups in total. The molecule has 3 heterocycles. The van der Waals surface area contributed by atoms with Gasteiger partial charge in [0.2, 0.25) is 0 Å². The van der Waals surface area contributed by atoms with Crippen LogP contribution in [0.5, 0.6) is 0 Å². The van der Waals surface area contributed by atoms with Crippen LogP contribution in [0.3, 0.4) is 0 Å². The molecule has 0 saturated carbocycles. The number of benzene rings is 2. The van der Waals surface area contributed by atoms with Gasteiger partial charge in [-0.25, -0.2) is 0 Å². The molecule has 0 saturated heterocycles. The van der Waals surface area contributed by atoms with Crippen molar-refractivity contribution in [3.63, 3.8) is 0 Å². The lowest BCUT2D eigenvalue weighted by molar-refractivity contribution is 1.14. The summed E-state index contributed by atoms with van der Waals surface area (Å²) in [6, 6.07) is 15.7. The van der Waals surface area contributed by atoms with Gasteiger partial charge in [0.05, 0.1) is 21.5 Å². The van der Waals surface area contributed by atoms with E-state index in [2.05, 4.69) is 9.98 Å². The highest BCUT2D eigenvalue weighted by molar-refractivity contribution is 7.23. The third kappa shape index (κ3) is 2.04. The molecule has 120 valence electrons. The summed E-state index contributed by atoms with van der Waals surface area (Å²) in [6.07, 6.45) is 3.53. The minimum absolute atomic E-state index is 0.325. The van der Waals surface area contributed by atoms with Gasteiger partial charge in [0.1, 0.15) is 5.82 Å². The lowest BCUT2D eigenvalue weighted by atomic mass is 10.1. The summed E-state index contributed by atoms with van der Waals surface area (Å²) in [7, 11) is 0. The molecule has 0 bridgehead atoms. The molecule has 5 rings (SSSR count). The summed E-state index contributed by atoms with van der Waals surface area (Å²) in [5, 5.41) is 0. The van der Waals surface area contributed by atoms with Gasteiger partial charge in [-0.3, -0.25) is 14.2 Å². The molecule has 4 aromatic rings. The van der Waals surface area contributed by atoms with E-state index in [0.29, 0.717) is 16.3 Å². The van der Waals surface area contributed by atoms with Crippen molar-refractivity contribution in [3.05, 3.63) is 70.0 Å². The third-order valence-electron chi connectivity index (χ3n) is 4.30. The van der Waals surface area contributed by atoms with Crippen molar-refractivity contribution in [2.24, 2.45) is 4.99 Å². The van der Waals surface area contributed by atoms with Crippen molar-refractivity contribution in [3.8, 4) is 0 Å². The van der Waals surface area contributed by atoms with Crippen LogP contribution in [0.2, 0.25) is 0 Å². The highest BCUT2D eigenvalue weighted by Crippen LogP contribution is 2.33. The van der Waals surface area contributed by atoms with Crippen molar-refractivity contribution in [1.82, 2.24) is 9.38 Å². The minimum atomic E-state index is -0.325. The van der Waals surface area contributed by atoms with Crippen LogP contribution in [0, 0.1) is 0 Å². The summed E-state index contributed by atoms with van der Waals surface area (Å²) >= 11 is 1.45. The standard InChI is InChI=1S/C19H12N4OS/c20-17-13(9-11-10-21-14-6-2-1-5-12(11)14)18(24)22-19-23(17)15-7-3-4-8-16(15)25-19/h1-10H,20H2/b11-9+. The molecule has 2 aromatic heterocycles. The Hall–Kier alpha value is -3.25. The number of hydrogen-bond donors (Lipinski definition) is 1. The smallest absolute Gasteiger partial charge is 0.283 e. The van der Waals surface area contributed by atoms with Crippen molar-refractivity contribution in [2.75, 3.05) is 5.73 Å². The van der Waals surface area contributed by atoms with Gasteiger partial charge in [0.25, 0.3) is 5.56 Å². The van der Waals surface area contributed by atoms with E-state index in [-0.39, 0.29) is 5.56 Å². The summed E-state index contributed by atoms with van der Waals surface area (Å²) in [5.74, 6) is 0.401. The van der Waals surface area contributed by atoms with Crippen LogP contribution in [0.4, 0.5) is 11.5 Å². The maximum Gasteiger partial charge on any atom is 0.283 e. The Morgan fingerprint density at radius 3 is 2.80 bits per heavy atom. The molecule has 0 fully saturated rings. The number of hydrogen-bond acceptors (Lipinski definition) is 5. The number of fused-ring (bicyclic) bond motifs is 4. The first-order valence-corrected chi connectivity index (χ1v) is 8.59. The zero-order chi connectivity index (χ0) is 17.0. The lowest BCUT2D eigenvalue weighted by Gasteiger charge is -2.05. The number of allylic oxidation sites excluding steroid dienone is 1. The number of thiazole rings is 1. The van der Waals surface area contributed by atoms with Crippen LogP contribution in [0.15, 0.2) is 58.3 Å². The number of aliphatic imine (C=N–C) groups is 1. The quantitative estimate of drug-likeness (QED) is 0.571. The van der Waals surface area contributed by atoms with Gasteiger partial charge in [-0.05, 0) is 24.3 Å². The van der Waals surface area contributed by atoms with Gasteiger partial charge in [-0.1, -0.05) is 41.7 Å². The first kappa shape index (κ1) is 14.1. The highest BCUT2D eigenvalue weighted by atomic mass is 32.1. The Morgan fingerprint density at radius 2 is 1.88 bits per heavy atom. The number of anilines is 1. The van der Waals surface area contributed by atoms with Gasteiger partial charge in [0.15, 0.2) is 4.96 Å². The fourth-order valence-electron chi connectivity index (χ4n) is 3.10. The predicted molar refractivity (Wildman–Crippen MR) is 104 cm³/mol. The summed E-state index contributed by atoms with van der Waals surface area (Å²) in [6.45, 7) is 0. The Morgan fingerprint density at radius 1 is 1.08 bits per heavy atom. The molecule has 0 spiro atoms. The first-order chi connectivity index (χ1) is 12.2. The second-order valence-electron chi connectivity index (χ2n) is 5.78. The average Bonchev–Trinajstić information content (AvgIpc) is 3.19. The summed E-state index contributed by atoms with van der Waals surface area (Å²) in [5.41, 5.74) is 10.1. The number of nitrogens with zero attached hydrogens (tertiary/aromatic N) is 3. The predicted octanol–water partition coefficient (Wildman–Crippen LogP) is 3.75. The second kappa shape index (κ2) is 5.12. The molecule has 25 heavy (non-hydrogen) atoms. The van der Waals surface area contributed by atoms with Gasteiger partial charge < -0.3 is 5.73 Å². The zero-order valence-electron chi connectivity index (χ0n) is 13.0. The van der Waals surface area contributed by atoms with Gasteiger partial charge >= 0.3 is 0 Å². The van der Waals surface area contributed by atoms with E-state index in [4.69, 9.17) is 5.73 Å². The van der Waals surface area contributed by atoms with Gasteiger partial charge in [-0.2, -0.15) is 4.98 Å². The van der Waals surface area contributed by atoms with Crippen molar-refractivity contribution in [2.45, 2.75) is 0 Å². The molecule has 1 aliphatic rings. The van der Waals surface area contributed by atoms with Crippen molar-refractivity contribution in [1.29, 1.82) is 0 Å². The van der Waals surface area contributed by atoms with E-state index in [9.17, 15) is 4.79 Å². The molecule has 5 nitrogen and oxygen atoms in total. The fraction of sp³-hybridized carbons (Fsp3) is 0. The van der Waals surface area contributed by atoms with Crippen LogP contribution >= 0.6 is 11.3 Å². The molecule has 0 atom stereocenters. The minimum Gasteiger partial charge on any atom is -0.384 e. The molecular weight excluding hydrogens is 332 g/mol. The van der Waals surface area contributed by atoms with Crippen LogP contribution in [-0.2, 0) is 0 Å². The molecule has 0 amide bonds. The van der Waals surface area contributed by atoms with E-state index >= 15 is 0 Å². The highest BCUT2D eigenvalue weighted by Gasteiger charge is 2.16. The molecule has 6 heteroatoms. The zero-order valence-corrected chi connectivity index (χ0v) is 13.8. The number of nitrogens with two attached hydrogens (primary N) is 1. The molecule has 2 aromatic carbocycles. The molecule has 0 aliphatic carbocycles. The number of aromatic nitrogens is 2. The van der Waals surface area contributed by atoms with Crippen LogP contribution in [0.25, 0.3) is 26.8 Å². The maximum absolute atomic E-state index is 12.5. The lowest BCUT2D eigenvalue weighted by Crippen LogP contribution is -2.16. The van der Waals surface area contributed by atoms with E-state index in [1.165, 1.54) is 11.3 Å². The Bertz CT molecular complexity index is 1280. The van der Waals surface area contributed by atoms with Crippen LogP contribution in [-0.4, -0.2) is 15.6 Å². The molecule has 0 radical (unpaired) electrons.